The van der Waals surface area contributed by atoms with Crippen molar-refractivity contribution in [3.8, 4) is 5.75 Å². The van der Waals surface area contributed by atoms with Gasteiger partial charge in [0.05, 0.1) is 11.3 Å². The largest absolute Gasteiger partial charge is 0.480 e. The van der Waals surface area contributed by atoms with Crippen LogP contribution in [0, 0.1) is 13.8 Å². The van der Waals surface area contributed by atoms with Gasteiger partial charge in [-0.25, -0.2) is 0 Å². The number of benzene rings is 2. The van der Waals surface area contributed by atoms with Gasteiger partial charge >= 0.3 is 6.18 Å². The van der Waals surface area contributed by atoms with Crippen LogP contribution in [-0.2, 0) is 11.0 Å². The molecule has 0 aromatic heterocycles. The van der Waals surface area contributed by atoms with Gasteiger partial charge in [-0.15, -0.1) is 0 Å². The van der Waals surface area contributed by atoms with E-state index in [2.05, 4.69) is 5.32 Å². The molecule has 1 amide bonds. The summed E-state index contributed by atoms with van der Waals surface area (Å²) in [6, 6.07) is 10.4. The van der Waals surface area contributed by atoms with Crippen molar-refractivity contribution in [3.05, 3.63) is 59.2 Å². The third-order valence-electron chi connectivity index (χ3n) is 3.75. The molecule has 0 aliphatic rings. The standard InChI is InChI=1S/C19H20F3NO2/c1-4-16(25-17-10-9-12(2)11-13(17)3)18(24)23-15-8-6-5-7-14(15)19(20,21)22/h5-11,16H,4H2,1-3H3,(H,23,24). The van der Waals surface area contributed by atoms with Crippen LogP contribution < -0.4 is 10.1 Å². The van der Waals surface area contributed by atoms with Crippen LogP contribution in [-0.4, -0.2) is 12.0 Å². The van der Waals surface area contributed by atoms with E-state index in [4.69, 9.17) is 4.74 Å². The number of carbonyl (C=O) groups excluding carboxylic acids is 1. The summed E-state index contributed by atoms with van der Waals surface area (Å²) in [6.45, 7) is 5.53. The molecular weight excluding hydrogens is 331 g/mol. The van der Waals surface area contributed by atoms with Crippen molar-refractivity contribution in [2.45, 2.75) is 39.5 Å². The molecular formula is C19H20F3NO2. The minimum atomic E-state index is -4.54. The Hall–Kier alpha value is -2.50. The first kappa shape index (κ1) is 18.8. The summed E-state index contributed by atoms with van der Waals surface area (Å²) in [5.41, 5.74) is 0.760. The summed E-state index contributed by atoms with van der Waals surface area (Å²) in [6.07, 6.45) is -5.10. The minimum absolute atomic E-state index is 0.275. The molecule has 2 aromatic rings. The first-order chi connectivity index (χ1) is 11.7. The predicted molar refractivity (Wildman–Crippen MR) is 90.7 cm³/mol. The summed E-state index contributed by atoms with van der Waals surface area (Å²) in [7, 11) is 0. The van der Waals surface area contributed by atoms with Crippen LogP contribution in [0.1, 0.15) is 30.0 Å². The summed E-state index contributed by atoms with van der Waals surface area (Å²) in [5.74, 6) is -0.0733. The lowest BCUT2D eigenvalue weighted by Crippen LogP contribution is -2.33. The molecule has 134 valence electrons. The van der Waals surface area contributed by atoms with E-state index in [-0.39, 0.29) is 5.69 Å². The van der Waals surface area contributed by atoms with E-state index in [1.54, 1.807) is 13.0 Å². The van der Waals surface area contributed by atoms with E-state index in [9.17, 15) is 18.0 Å². The topological polar surface area (TPSA) is 38.3 Å². The summed E-state index contributed by atoms with van der Waals surface area (Å²) in [5, 5.41) is 2.34. The zero-order valence-corrected chi connectivity index (χ0v) is 14.3. The molecule has 1 atom stereocenters. The van der Waals surface area contributed by atoms with E-state index in [0.717, 1.165) is 17.2 Å². The lowest BCUT2D eigenvalue weighted by atomic mass is 10.1. The highest BCUT2D eigenvalue weighted by molar-refractivity contribution is 5.95. The van der Waals surface area contributed by atoms with Gasteiger partial charge in [0.2, 0.25) is 0 Å². The highest BCUT2D eigenvalue weighted by atomic mass is 19.4. The normalized spacial score (nSPS) is 12.6. The Morgan fingerprint density at radius 1 is 1.16 bits per heavy atom. The maximum absolute atomic E-state index is 13.0. The number of rotatable bonds is 5. The number of anilines is 1. The molecule has 6 heteroatoms. The van der Waals surface area contributed by atoms with Crippen molar-refractivity contribution < 1.29 is 22.7 Å². The molecule has 1 unspecified atom stereocenters. The zero-order chi connectivity index (χ0) is 18.6. The Bertz CT molecular complexity index is 757. The summed E-state index contributed by atoms with van der Waals surface area (Å²) < 4.78 is 44.8. The maximum Gasteiger partial charge on any atom is 0.418 e. The van der Waals surface area contributed by atoms with Crippen LogP contribution in [0.3, 0.4) is 0 Å². The Kier molecular flexibility index (Phi) is 5.72. The van der Waals surface area contributed by atoms with Gasteiger partial charge < -0.3 is 10.1 Å². The van der Waals surface area contributed by atoms with Crippen molar-refractivity contribution >= 4 is 11.6 Å². The Labute approximate surface area is 144 Å². The Balaban J connectivity index is 2.18. The van der Waals surface area contributed by atoms with Crippen LogP contribution in [0.15, 0.2) is 42.5 Å². The van der Waals surface area contributed by atoms with E-state index in [1.807, 2.05) is 26.0 Å². The average Bonchev–Trinajstić information content (AvgIpc) is 2.53. The first-order valence-electron chi connectivity index (χ1n) is 7.93. The number of hydrogen-bond donors (Lipinski definition) is 1. The smallest absolute Gasteiger partial charge is 0.418 e. The van der Waals surface area contributed by atoms with E-state index >= 15 is 0 Å². The fourth-order valence-corrected chi connectivity index (χ4v) is 2.46. The molecule has 0 spiro atoms. The molecule has 1 N–H and O–H groups in total. The zero-order valence-electron chi connectivity index (χ0n) is 14.3. The van der Waals surface area contributed by atoms with Gasteiger partial charge in [-0.1, -0.05) is 36.8 Å². The first-order valence-corrected chi connectivity index (χ1v) is 7.93. The highest BCUT2D eigenvalue weighted by Gasteiger charge is 2.34. The molecule has 0 bridgehead atoms. The molecule has 0 aliphatic carbocycles. The molecule has 2 rings (SSSR count). The number of carbonyl (C=O) groups is 1. The molecule has 0 aliphatic heterocycles. The van der Waals surface area contributed by atoms with Gasteiger partial charge in [0.15, 0.2) is 6.10 Å². The molecule has 0 fully saturated rings. The fourth-order valence-electron chi connectivity index (χ4n) is 2.46. The lowest BCUT2D eigenvalue weighted by molar-refractivity contribution is -0.137. The second-order valence-electron chi connectivity index (χ2n) is 5.82. The van der Waals surface area contributed by atoms with Crippen molar-refractivity contribution in [1.82, 2.24) is 0 Å². The average molecular weight is 351 g/mol. The van der Waals surface area contributed by atoms with Gasteiger partial charge in [0, 0.05) is 0 Å². The van der Waals surface area contributed by atoms with Gasteiger partial charge in [-0.05, 0) is 44.0 Å². The van der Waals surface area contributed by atoms with Crippen LogP contribution in [0.2, 0.25) is 0 Å². The fraction of sp³-hybridized carbons (Fsp3) is 0.316. The van der Waals surface area contributed by atoms with Crippen LogP contribution in [0.5, 0.6) is 5.75 Å². The second-order valence-corrected chi connectivity index (χ2v) is 5.82. The lowest BCUT2D eigenvalue weighted by Gasteiger charge is -2.20. The van der Waals surface area contributed by atoms with E-state index in [1.165, 1.54) is 18.2 Å². The van der Waals surface area contributed by atoms with Gasteiger partial charge in [0.25, 0.3) is 5.91 Å². The molecule has 0 saturated carbocycles. The number of amides is 1. The highest BCUT2D eigenvalue weighted by Crippen LogP contribution is 2.34. The SMILES string of the molecule is CCC(Oc1ccc(C)cc1C)C(=O)Nc1ccccc1C(F)(F)F. The number of halogens is 3. The van der Waals surface area contributed by atoms with Crippen molar-refractivity contribution in [3.63, 3.8) is 0 Å². The number of alkyl halides is 3. The molecule has 0 heterocycles. The van der Waals surface area contributed by atoms with Gasteiger partial charge in [-0.3, -0.25) is 4.79 Å². The van der Waals surface area contributed by atoms with E-state index in [0.29, 0.717) is 12.2 Å². The van der Waals surface area contributed by atoms with Crippen LogP contribution >= 0.6 is 0 Å². The third-order valence-corrected chi connectivity index (χ3v) is 3.75. The van der Waals surface area contributed by atoms with Gasteiger partial charge in [-0.2, -0.15) is 13.2 Å². The Morgan fingerprint density at radius 2 is 1.84 bits per heavy atom. The molecule has 25 heavy (non-hydrogen) atoms. The number of aryl methyl sites for hydroxylation is 2. The van der Waals surface area contributed by atoms with Crippen LogP contribution in [0.25, 0.3) is 0 Å². The summed E-state index contributed by atoms with van der Waals surface area (Å²) in [4.78, 5) is 12.4. The molecule has 0 saturated heterocycles. The van der Waals surface area contributed by atoms with Gasteiger partial charge in [0.1, 0.15) is 5.75 Å². The minimum Gasteiger partial charge on any atom is -0.480 e. The predicted octanol–water partition coefficient (Wildman–Crippen LogP) is 5.12. The molecule has 2 aromatic carbocycles. The quantitative estimate of drug-likeness (QED) is 0.812. The number of nitrogens with one attached hydrogen (secondary N) is 1. The monoisotopic (exact) mass is 351 g/mol. The molecule has 0 radical (unpaired) electrons. The molecule has 3 nitrogen and oxygen atoms in total. The third kappa shape index (κ3) is 4.75. The number of hydrogen-bond acceptors (Lipinski definition) is 2. The number of ether oxygens (including phenoxy) is 1. The van der Waals surface area contributed by atoms with E-state index < -0.39 is 23.8 Å². The maximum atomic E-state index is 13.0. The summed E-state index contributed by atoms with van der Waals surface area (Å²) >= 11 is 0. The van der Waals surface area contributed by atoms with Crippen LogP contribution in [0.4, 0.5) is 18.9 Å². The number of para-hydroxylation sites is 1. The van der Waals surface area contributed by atoms with Crippen molar-refractivity contribution in [1.29, 1.82) is 0 Å². The second kappa shape index (κ2) is 7.59. The van der Waals surface area contributed by atoms with Crippen molar-refractivity contribution in [2.24, 2.45) is 0 Å². The Morgan fingerprint density at radius 3 is 2.44 bits per heavy atom. The van der Waals surface area contributed by atoms with Crippen molar-refractivity contribution in [2.75, 3.05) is 5.32 Å².